The Labute approximate surface area is 187 Å². The number of sulfone groups is 1. The van der Waals surface area contributed by atoms with E-state index < -0.39 is 15.9 Å². The summed E-state index contributed by atoms with van der Waals surface area (Å²) in [6, 6.07) is 11.7. The standard InChI is InChI=1S/C22H27N5O4S/c1-27(2)9-10-32(29,30)21-12-17(18-14-24-25-15-18)7-8-20(21)26-22(28)23-13-16-5-4-6-19(11-16)31-3/h4-8,11-12,14-15H,9-10,13H2,1-3H3,(H,24,25)(H2,23,26,28). The number of anilines is 1. The number of hydrogen-bond donors (Lipinski definition) is 3. The minimum atomic E-state index is -3.65. The van der Waals surface area contributed by atoms with E-state index in [4.69, 9.17) is 4.74 Å². The minimum absolute atomic E-state index is 0.0644. The van der Waals surface area contributed by atoms with Crippen LogP contribution in [0.4, 0.5) is 10.5 Å². The molecule has 3 aromatic rings. The summed E-state index contributed by atoms with van der Waals surface area (Å²) in [7, 11) is 1.54. The molecular formula is C22H27N5O4S. The van der Waals surface area contributed by atoms with Crippen molar-refractivity contribution in [3.63, 3.8) is 0 Å². The van der Waals surface area contributed by atoms with Gasteiger partial charge in [-0.25, -0.2) is 13.2 Å². The Morgan fingerprint density at radius 3 is 2.66 bits per heavy atom. The number of urea groups is 1. The number of carbonyl (C=O) groups excluding carboxylic acids is 1. The molecule has 2 aromatic carbocycles. The van der Waals surface area contributed by atoms with E-state index in [-0.39, 0.29) is 22.9 Å². The van der Waals surface area contributed by atoms with Gasteiger partial charge in [0.25, 0.3) is 0 Å². The highest BCUT2D eigenvalue weighted by molar-refractivity contribution is 7.91. The van der Waals surface area contributed by atoms with Crippen molar-refractivity contribution in [3.8, 4) is 16.9 Å². The molecule has 0 aliphatic carbocycles. The lowest BCUT2D eigenvalue weighted by molar-refractivity contribution is 0.251. The van der Waals surface area contributed by atoms with Gasteiger partial charge in [-0.05, 0) is 49.5 Å². The maximum Gasteiger partial charge on any atom is 0.319 e. The molecule has 0 aliphatic rings. The predicted molar refractivity (Wildman–Crippen MR) is 123 cm³/mol. The first kappa shape index (κ1) is 23.3. The Kier molecular flexibility index (Phi) is 7.49. The molecule has 10 heteroatoms. The first-order valence-corrected chi connectivity index (χ1v) is 11.6. The number of rotatable bonds is 9. The number of H-pyrrole nitrogens is 1. The third-order valence-electron chi connectivity index (χ3n) is 4.79. The average Bonchev–Trinajstić information content (AvgIpc) is 3.32. The van der Waals surface area contributed by atoms with E-state index in [2.05, 4.69) is 20.8 Å². The lowest BCUT2D eigenvalue weighted by atomic mass is 10.1. The van der Waals surface area contributed by atoms with Gasteiger partial charge in [-0.15, -0.1) is 0 Å². The molecule has 170 valence electrons. The van der Waals surface area contributed by atoms with Crippen LogP contribution >= 0.6 is 0 Å². The van der Waals surface area contributed by atoms with Crippen LogP contribution in [-0.2, 0) is 16.4 Å². The molecule has 0 unspecified atom stereocenters. The molecule has 3 rings (SSSR count). The lowest BCUT2D eigenvalue weighted by Gasteiger charge is -2.15. The maximum atomic E-state index is 13.1. The monoisotopic (exact) mass is 457 g/mol. The van der Waals surface area contributed by atoms with Gasteiger partial charge in [0.15, 0.2) is 9.84 Å². The zero-order valence-corrected chi connectivity index (χ0v) is 19.1. The summed E-state index contributed by atoms with van der Waals surface area (Å²) >= 11 is 0. The fourth-order valence-electron chi connectivity index (χ4n) is 3.02. The summed E-state index contributed by atoms with van der Waals surface area (Å²) in [5.41, 5.74) is 2.51. The number of nitrogens with zero attached hydrogens (tertiary/aromatic N) is 2. The van der Waals surface area contributed by atoms with Gasteiger partial charge >= 0.3 is 6.03 Å². The molecule has 0 saturated carbocycles. The van der Waals surface area contributed by atoms with E-state index in [0.29, 0.717) is 17.9 Å². The van der Waals surface area contributed by atoms with Crippen LogP contribution in [0.25, 0.3) is 11.1 Å². The van der Waals surface area contributed by atoms with Crippen LogP contribution in [0.15, 0.2) is 59.8 Å². The van der Waals surface area contributed by atoms with Crippen molar-refractivity contribution in [2.45, 2.75) is 11.4 Å². The highest BCUT2D eigenvalue weighted by Crippen LogP contribution is 2.29. The molecule has 9 nitrogen and oxygen atoms in total. The number of nitrogens with one attached hydrogen (secondary N) is 3. The Morgan fingerprint density at radius 2 is 1.97 bits per heavy atom. The van der Waals surface area contributed by atoms with Gasteiger partial charge in [-0.2, -0.15) is 5.10 Å². The van der Waals surface area contributed by atoms with Gasteiger partial charge in [-0.3, -0.25) is 5.10 Å². The number of carbonyl (C=O) groups is 1. The molecule has 0 fully saturated rings. The SMILES string of the molecule is COc1cccc(CNC(=O)Nc2ccc(-c3cn[nH]c3)cc2S(=O)(=O)CCN(C)C)c1. The number of aromatic nitrogens is 2. The fourth-order valence-corrected chi connectivity index (χ4v) is 4.60. The third kappa shape index (κ3) is 6.08. The molecule has 0 aliphatic heterocycles. The third-order valence-corrected chi connectivity index (χ3v) is 6.52. The Morgan fingerprint density at radius 1 is 1.16 bits per heavy atom. The first-order valence-electron chi connectivity index (χ1n) is 9.97. The normalized spacial score (nSPS) is 11.4. The summed E-state index contributed by atoms with van der Waals surface area (Å²) in [4.78, 5) is 14.4. The van der Waals surface area contributed by atoms with Crippen LogP contribution in [-0.4, -0.2) is 63.0 Å². The van der Waals surface area contributed by atoms with Crippen LogP contribution in [0, 0.1) is 0 Å². The molecule has 0 atom stereocenters. The molecule has 2 amide bonds. The number of amides is 2. The van der Waals surface area contributed by atoms with E-state index >= 15 is 0 Å². The highest BCUT2D eigenvalue weighted by Gasteiger charge is 2.21. The number of methoxy groups -OCH3 is 1. The lowest BCUT2D eigenvalue weighted by Crippen LogP contribution is -2.29. The molecule has 3 N–H and O–H groups in total. The number of ether oxygens (including phenoxy) is 1. The Hall–Kier alpha value is -3.37. The fraction of sp³-hybridized carbons (Fsp3) is 0.273. The topological polar surface area (TPSA) is 116 Å². The molecule has 0 bridgehead atoms. The van der Waals surface area contributed by atoms with Crippen LogP contribution in [0.3, 0.4) is 0 Å². The highest BCUT2D eigenvalue weighted by atomic mass is 32.2. The summed E-state index contributed by atoms with van der Waals surface area (Å²) in [6.07, 6.45) is 3.29. The van der Waals surface area contributed by atoms with Gasteiger partial charge in [0.1, 0.15) is 5.75 Å². The van der Waals surface area contributed by atoms with E-state index in [0.717, 1.165) is 11.1 Å². The quantitative estimate of drug-likeness (QED) is 0.455. The predicted octanol–water partition coefficient (Wildman–Crippen LogP) is 2.74. The average molecular weight is 458 g/mol. The van der Waals surface area contributed by atoms with Crippen molar-refractivity contribution in [1.82, 2.24) is 20.4 Å². The van der Waals surface area contributed by atoms with Gasteiger partial charge in [-0.1, -0.05) is 18.2 Å². The summed E-state index contributed by atoms with van der Waals surface area (Å²) in [5, 5.41) is 12.1. The number of hydrogen-bond acceptors (Lipinski definition) is 6. The largest absolute Gasteiger partial charge is 0.497 e. The maximum absolute atomic E-state index is 13.1. The molecule has 0 spiro atoms. The molecule has 32 heavy (non-hydrogen) atoms. The van der Waals surface area contributed by atoms with Gasteiger partial charge in [0, 0.05) is 24.8 Å². The summed E-state index contributed by atoms with van der Waals surface area (Å²) in [5.74, 6) is 0.614. The first-order chi connectivity index (χ1) is 15.3. The van der Waals surface area contributed by atoms with E-state index in [1.807, 2.05) is 38.4 Å². The van der Waals surface area contributed by atoms with Crippen molar-refractivity contribution >= 4 is 21.6 Å². The molecule has 1 aromatic heterocycles. The van der Waals surface area contributed by atoms with Gasteiger partial charge in [0.05, 0.1) is 29.6 Å². The molecule has 0 saturated heterocycles. The van der Waals surface area contributed by atoms with E-state index in [1.54, 1.807) is 42.6 Å². The van der Waals surface area contributed by atoms with E-state index in [9.17, 15) is 13.2 Å². The molecule has 1 heterocycles. The van der Waals surface area contributed by atoms with Crippen LogP contribution in [0.5, 0.6) is 5.75 Å². The van der Waals surface area contributed by atoms with Crippen molar-refractivity contribution in [2.24, 2.45) is 0 Å². The Bertz CT molecular complexity index is 1160. The second-order valence-corrected chi connectivity index (χ2v) is 9.56. The number of aromatic amines is 1. The smallest absolute Gasteiger partial charge is 0.319 e. The van der Waals surface area contributed by atoms with Crippen molar-refractivity contribution < 1.29 is 17.9 Å². The molecular weight excluding hydrogens is 430 g/mol. The number of benzene rings is 2. The Balaban J connectivity index is 1.81. The van der Waals surface area contributed by atoms with Gasteiger partial charge < -0.3 is 20.3 Å². The summed E-state index contributed by atoms with van der Waals surface area (Å²) in [6.45, 7) is 0.624. The minimum Gasteiger partial charge on any atom is -0.497 e. The summed E-state index contributed by atoms with van der Waals surface area (Å²) < 4.78 is 31.3. The van der Waals surface area contributed by atoms with E-state index in [1.165, 1.54) is 0 Å². The molecule has 0 radical (unpaired) electrons. The van der Waals surface area contributed by atoms with Crippen LogP contribution in [0.2, 0.25) is 0 Å². The zero-order chi connectivity index (χ0) is 23.1. The van der Waals surface area contributed by atoms with Crippen LogP contribution < -0.4 is 15.4 Å². The van der Waals surface area contributed by atoms with Crippen molar-refractivity contribution in [2.75, 3.05) is 38.8 Å². The van der Waals surface area contributed by atoms with Crippen LogP contribution in [0.1, 0.15) is 5.56 Å². The second-order valence-electron chi connectivity index (χ2n) is 7.48. The second kappa shape index (κ2) is 10.3. The van der Waals surface area contributed by atoms with Crippen molar-refractivity contribution in [3.05, 3.63) is 60.4 Å². The van der Waals surface area contributed by atoms with Gasteiger partial charge in [0.2, 0.25) is 0 Å². The van der Waals surface area contributed by atoms with Crippen molar-refractivity contribution in [1.29, 1.82) is 0 Å². The zero-order valence-electron chi connectivity index (χ0n) is 18.3.